The smallest absolute Gasteiger partial charge is 0.233 e. The molecule has 0 unspecified atom stereocenters. The van der Waals surface area contributed by atoms with Crippen molar-refractivity contribution in [2.45, 2.75) is 37.1 Å². The largest absolute Gasteiger partial charge is 0.337 e. The van der Waals surface area contributed by atoms with Crippen molar-refractivity contribution >= 4 is 17.5 Å². The van der Waals surface area contributed by atoms with Gasteiger partial charge in [-0.05, 0) is 24.8 Å². The first-order valence-corrected chi connectivity index (χ1v) is 9.37. The monoisotopic (exact) mass is 350 g/mol. The number of amides is 2. The molecule has 134 valence electrons. The number of hydrogen-bond donors (Lipinski definition) is 0. The summed E-state index contributed by atoms with van der Waals surface area (Å²) in [4.78, 5) is 28.6. The number of rotatable bonds is 4. The van der Waals surface area contributed by atoms with Gasteiger partial charge in [0.2, 0.25) is 11.8 Å². The molecule has 2 aromatic rings. The van der Waals surface area contributed by atoms with Gasteiger partial charge in [-0.15, -0.1) is 0 Å². The molecule has 0 atom stereocenters. The predicted octanol–water partition coefficient (Wildman–Crippen LogP) is 2.12. The van der Waals surface area contributed by atoms with E-state index in [9.17, 15) is 9.59 Å². The second kappa shape index (κ2) is 5.69. The summed E-state index contributed by atoms with van der Waals surface area (Å²) in [6.07, 6.45) is 7.13. The molecule has 1 aromatic heterocycles. The van der Waals surface area contributed by atoms with E-state index in [0.29, 0.717) is 19.5 Å². The number of carbonyl (C=O) groups excluding carboxylic acids is 2. The summed E-state index contributed by atoms with van der Waals surface area (Å²) < 4.78 is 1.91. The molecule has 26 heavy (non-hydrogen) atoms. The normalized spacial score (nSPS) is 21.8. The van der Waals surface area contributed by atoms with E-state index >= 15 is 0 Å². The Balaban J connectivity index is 1.25. The summed E-state index contributed by atoms with van der Waals surface area (Å²) in [5, 5.41) is 4.43. The third-order valence-corrected chi connectivity index (χ3v) is 5.98. The highest BCUT2D eigenvalue weighted by Crippen LogP contribution is 2.50. The van der Waals surface area contributed by atoms with Crippen molar-refractivity contribution in [1.82, 2.24) is 14.7 Å². The molecule has 2 saturated heterocycles. The minimum Gasteiger partial charge on any atom is -0.337 e. The topological polar surface area (TPSA) is 58.4 Å². The lowest BCUT2D eigenvalue weighted by molar-refractivity contribution is -0.140. The summed E-state index contributed by atoms with van der Waals surface area (Å²) >= 11 is 0. The highest BCUT2D eigenvalue weighted by atomic mass is 16.2. The van der Waals surface area contributed by atoms with E-state index in [-0.39, 0.29) is 23.3 Å². The Morgan fingerprint density at radius 3 is 2.58 bits per heavy atom. The fourth-order valence-corrected chi connectivity index (χ4v) is 4.19. The number of likely N-dealkylation sites (tertiary alicyclic amines) is 1. The lowest BCUT2D eigenvalue weighted by atomic mass is 9.92. The van der Waals surface area contributed by atoms with Crippen molar-refractivity contribution < 1.29 is 9.59 Å². The van der Waals surface area contributed by atoms with Gasteiger partial charge in [0.05, 0.1) is 23.3 Å². The van der Waals surface area contributed by atoms with Gasteiger partial charge in [0.1, 0.15) is 0 Å². The Hall–Kier alpha value is -2.63. The summed E-state index contributed by atoms with van der Waals surface area (Å²) in [7, 11) is 0. The number of anilines is 1. The van der Waals surface area contributed by atoms with Crippen molar-refractivity contribution in [2.24, 2.45) is 0 Å². The minimum atomic E-state index is -0.288. The average molecular weight is 350 g/mol. The Kier molecular flexibility index (Phi) is 3.42. The molecule has 0 spiro atoms. The van der Waals surface area contributed by atoms with E-state index in [1.54, 1.807) is 11.1 Å². The van der Waals surface area contributed by atoms with Gasteiger partial charge in [0.15, 0.2) is 0 Å². The van der Waals surface area contributed by atoms with Crippen LogP contribution < -0.4 is 4.90 Å². The molecule has 1 aromatic carbocycles. The second-order valence-electron chi connectivity index (χ2n) is 7.64. The zero-order valence-electron chi connectivity index (χ0n) is 14.7. The van der Waals surface area contributed by atoms with Crippen molar-refractivity contribution in [3.63, 3.8) is 0 Å². The fourth-order valence-electron chi connectivity index (χ4n) is 4.19. The van der Waals surface area contributed by atoms with Gasteiger partial charge in [-0.3, -0.25) is 14.3 Å². The Morgan fingerprint density at radius 2 is 1.92 bits per heavy atom. The lowest BCUT2D eigenvalue weighted by Gasteiger charge is -2.41. The third kappa shape index (κ3) is 2.35. The molecular formula is C20H22N4O2. The minimum absolute atomic E-state index is 0.175. The van der Waals surface area contributed by atoms with Crippen LogP contribution in [0.2, 0.25) is 0 Å². The first kappa shape index (κ1) is 15.6. The van der Waals surface area contributed by atoms with Crippen LogP contribution in [0, 0.1) is 0 Å². The standard InChI is InChI=1S/C20H22N4O2/c25-18-7-4-10-23(18)16-11-21-24(14-16)17-12-22(13-17)19(26)20(8-9-20)15-5-2-1-3-6-15/h1-3,5-6,11,14,17H,4,7-10,12-13H2. The van der Waals surface area contributed by atoms with Gasteiger partial charge in [-0.1, -0.05) is 30.3 Å². The molecule has 0 radical (unpaired) electrons. The molecule has 0 N–H and O–H groups in total. The summed E-state index contributed by atoms with van der Waals surface area (Å²) in [5.74, 6) is 0.426. The van der Waals surface area contributed by atoms with E-state index in [1.165, 1.54) is 0 Å². The van der Waals surface area contributed by atoms with Crippen LogP contribution in [0.4, 0.5) is 5.69 Å². The maximum absolute atomic E-state index is 13.0. The van der Waals surface area contributed by atoms with E-state index in [2.05, 4.69) is 17.2 Å². The van der Waals surface area contributed by atoms with E-state index in [1.807, 2.05) is 34.0 Å². The number of benzene rings is 1. The fraction of sp³-hybridized carbons (Fsp3) is 0.450. The van der Waals surface area contributed by atoms with Crippen LogP contribution in [0.1, 0.15) is 37.3 Å². The highest BCUT2D eigenvalue weighted by molar-refractivity contribution is 5.95. The molecular weight excluding hydrogens is 328 g/mol. The van der Waals surface area contributed by atoms with E-state index in [0.717, 1.165) is 37.1 Å². The van der Waals surface area contributed by atoms with Crippen LogP contribution in [-0.4, -0.2) is 46.1 Å². The molecule has 6 nitrogen and oxygen atoms in total. The summed E-state index contributed by atoms with van der Waals surface area (Å²) in [6, 6.07) is 10.3. The molecule has 5 rings (SSSR count). The van der Waals surface area contributed by atoms with Gasteiger partial charge < -0.3 is 9.80 Å². The highest BCUT2D eigenvalue weighted by Gasteiger charge is 2.54. The molecule has 1 saturated carbocycles. The van der Waals surface area contributed by atoms with Crippen LogP contribution in [0.25, 0.3) is 0 Å². The zero-order chi connectivity index (χ0) is 17.7. The molecule has 3 aliphatic rings. The predicted molar refractivity (Wildman–Crippen MR) is 96.8 cm³/mol. The Labute approximate surface area is 152 Å². The van der Waals surface area contributed by atoms with E-state index < -0.39 is 0 Å². The van der Waals surface area contributed by atoms with Crippen molar-refractivity contribution in [2.75, 3.05) is 24.5 Å². The van der Waals surface area contributed by atoms with Gasteiger partial charge in [-0.25, -0.2) is 0 Å². The van der Waals surface area contributed by atoms with Gasteiger partial charge in [0, 0.05) is 32.3 Å². The zero-order valence-corrected chi connectivity index (χ0v) is 14.7. The van der Waals surface area contributed by atoms with Crippen LogP contribution in [0.5, 0.6) is 0 Å². The maximum Gasteiger partial charge on any atom is 0.233 e. The molecule has 1 aliphatic carbocycles. The second-order valence-corrected chi connectivity index (χ2v) is 7.64. The van der Waals surface area contributed by atoms with Crippen molar-refractivity contribution in [3.05, 3.63) is 48.3 Å². The average Bonchev–Trinajstić information content (AvgIpc) is 3.12. The SMILES string of the molecule is O=C1CCCN1c1cnn(C2CN(C(=O)C3(c4ccccc4)CC3)C2)c1. The van der Waals surface area contributed by atoms with Crippen LogP contribution >= 0.6 is 0 Å². The van der Waals surface area contributed by atoms with Crippen LogP contribution in [0.3, 0.4) is 0 Å². The summed E-state index contributed by atoms with van der Waals surface area (Å²) in [6.45, 7) is 2.17. The molecule has 3 fully saturated rings. The lowest BCUT2D eigenvalue weighted by Crippen LogP contribution is -2.54. The quantitative estimate of drug-likeness (QED) is 0.849. The number of hydrogen-bond acceptors (Lipinski definition) is 3. The number of nitrogens with zero attached hydrogens (tertiary/aromatic N) is 4. The van der Waals surface area contributed by atoms with Crippen molar-refractivity contribution in [1.29, 1.82) is 0 Å². The molecule has 2 aliphatic heterocycles. The Bertz CT molecular complexity index is 850. The molecule has 6 heteroatoms. The molecule has 2 amide bonds. The van der Waals surface area contributed by atoms with Crippen LogP contribution in [-0.2, 0) is 15.0 Å². The van der Waals surface area contributed by atoms with Crippen molar-refractivity contribution in [3.8, 4) is 0 Å². The van der Waals surface area contributed by atoms with E-state index in [4.69, 9.17) is 0 Å². The Morgan fingerprint density at radius 1 is 1.15 bits per heavy atom. The summed E-state index contributed by atoms with van der Waals surface area (Å²) in [5.41, 5.74) is 1.73. The van der Waals surface area contributed by atoms with Gasteiger partial charge in [-0.2, -0.15) is 5.10 Å². The number of aromatic nitrogens is 2. The van der Waals surface area contributed by atoms with Gasteiger partial charge >= 0.3 is 0 Å². The number of carbonyl (C=O) groups is 2. The maximum atomic E-state index is 13.0. The molecule has 3 heterocycles. The first-order chi connectivity index (χ1) is 12.7. The van der Waals surface area contributed by atoms with Gasteiger partial charge in [0.25, 0.3) is 0 Å². The molecule has 0 bridgehead atoms. The first-order valence-electron chi connectivity index (χ1n) is 9.37. The third-order valence-electron chi connectivity index (χ3n) is 5.98. The van der Waals surface area contributed by atoms with Crippen LogP contribution in [0.15, 0.2) is 42.7 Å².